The zero-order chi connectivity index (χ0) is 14.0. The van der Waals surface area contributed by atoms with E-state index in [1.807, 2.05) is 12.1 Å². The molecule has 0 amide bonds. The third-order valence-electron chi connectivity index (χ3n) is 3.58. The van der Waals surface area contributed by atoms with Gasteiger partial charge in [-0.1, -0.05) is 12.1 Å². The van der Waals surface area contributed by atoms with Crippen molar-refractivity contribution in [3.8, 4) is 0 Å². The first-order valence-electron chi connectivity index (χ1n) is 6.69. The lowest BCUT2D eigenvalue weighted by molar-refractivity contribution is 0.122. The van der Waals surface area contributed by atoms with E-state index in [2.05, 4.69) is 27.3 Å². The van der Waals surface area contributed by atoms with Crippen LogP contribution in [-0.2, 0) is 10.4 Å². The highest BCUT2D eigenvalue weighted by atomic mass is 16.5. The van der Waals surface area contributed by atoms with Gasteiger partial charge in [-0.05, 0) is 23.8 Å². The Bertz CT molecular complexity index is 533. The highest BCUT2D eigenvalue weighted by Gasteiger charge is 2.26. The molecular formula is C14H19N5O. The average Bonchev–Trinajstić information content (AvgIpc) is 2.48. The van der Waals surface area contributed by atoms with E-state index >= 15 is 0 Å². The van der Waals surface area contributed by atoms with Crippen molar-refractivity contribution in [3.05, 3.63) is 42.1 Å². The molecule has 2 heterocycles. The van der Waals surface area contributed by atoms with Crippen LogP contribution in [0.2, 0.25) is 0 Å². The number of benzene rings is 1. The smallest absolute Gasteiger partial charge is 0.195 e. The number of rotatable bonds is 2. The highest BCUT2D eigenvalue weighted by molar-refractivity contribution is 5.80. The van der Waals surface area contributed by atoms with Crippen LogP contribution in [0.4, 0.5) is 5.69 Å². The summed E-state index contributed by atoms with van der Waals surface area (Å²) in [5, 5.41) is 2.82. The molecule has 1 atom stereocenters. The maximum atomic E-state index is 6.27. The lowest BCUT2D eigenvalue weighted by Gasteiger charge is -2.30. The van der Waals surface area contributed by atoms with Crippen LogP contribution in [0.25, 0.3) is 0 Å². The maximum Gasteiger partial charge on any atom is 0.195 e. The minimum Gasteiger partial charge on any atom is -0.378 e. The molecule has 20 heavy (non-hydrogen) atoms. The van der Waals surface area contributed by atoms with Crippen LogP contribution in [0.1, 0.15) is 5.56 Å². The lowest BCUT2D eigenvalue weighted by atomic mass is 9.99. The van der Waals surface area contributed by atoms with Gasteiger partial charge in [0.25, 0.3) is 0 Å². The van der Waals surface area contributed by atoms with Crippen molar-refractivity contribution in [2.24, 2.45) is 16.5 Å². The number of nitrogens with zero attached hydrogens (tertiary/aromatic N) is 2. The van der Waals surface area contributed by atoms with Crippen LogP contribution in [-0.4, -0.2) is 32.3 Å². The van der Waals surface area contributed by atoms with Gasteiger partial charge >= 0.3 is 0 Å². The van der Waals surface area contributed by atoms with Gasteiger partial charge in [0.1, 0.15) is 0 Å². The van der Waals surface area contributed by atoms with Crippen molar-refractivity contribution < 1.29 is 4.74 Å². The van der Waals surface area contributed by atoms with E-state index in [9.17, 15) is 0 Å². The molecule has 2 aliphatic rings. The normalized spacial score (nSPS) is 26.1. The van der Waals surface area contributed by atoms with Crippen LogP contribution in [0.3, 0.4) is 0 Å². The number of guanidine groups is 1. The maximum absolute atomic E-state index is 6.27. The van der Waals surface area contributed by atoms with Crippen molar-refractivity contribution in [1.82, 2.24) is 5.32 Å². The first kappa shape index (κ1) is 13.0. The van der Waals surface area contributed by atoms with Gasteiger partial charge in [-0.3, -0.25) is 5.73 Å². The van der Waals surface area contributed by atoms with Crippen LogP contribution in [0.15, 0.2) is 41.5 Å². The summed E-state index contributed by atoms with van der Waals surface area (Å²) >= 11 is 0. The van der Waals surface area contributed by atoms with E-state index in [1.165, 1.54) is 5.69 Å². The molecule has 3 rings (SSSR count). The molecule has 5 N–H and O–H groups in total. The first-order chi connectivity index (χ1) is 9.67. The number of anilines is 1. The summed E-state index contributed by atoms with van der Waals surface area (Å²) in [4.78, 5) is 6.57. The van der Waals surface area contributed by atoms with Crippen LogP contribution >= 0.6 is 0 Å². The Balaban J connectivity index is 1.82. The van der Waals surface area contributed by atoms with Crippen molar-refractivity contribution in [2.75, 3.05) is 31.2 Å². The molecule has 2 aliphatic heterocycles. The van der Waals surface area contributed by atoms with E-state index in [1.54, 1.807) is 12.3 Å². The molecule has 0 spiro atoms. The first-order valence-corrected chi connectivity index (χ1v) is 6.69. The third kappa shape index (κ3) is 2.48. The van der Waals surface area contributed by atoms with Crippen LogP contribution < -0.4 is 21.7 Å². The summed E-state index contributed by atoms with van der Waals surface area (Å²) in [5.41, 5.74) is 13.2. The van der Waals surface area contributed by atoms with Gasteiger partial charge in [0.05, 0.1) is 13.2 Å². The second-order valence-electron chi connectivity index (χ2n) is 4.95. The lowest BCUT2D eigenvalue weighted by Crippen LogP contribution is -2.42. The number of hydrogen-bond acceptors (Lipinski definition) is 6. The Morgan fingerprint density at radius 3 is 2.55 bits per heavy atom. The zero-order valence-corrected chi connectivity index (χ0v) is 11.2. The summed E-state index contributed by atoms with van der Waals surface area (Å²) in [7, 11) is 0. The number of morpholine rings is 1. The van der Waals surface area contributed by atoms with Gasteiger partial charge in [0.15, 0.2) is 11.6 Å². The number of aliphatic imine (C=N–C) groups is 1. The predicted molar refractivity (Wildman–Crippen MR) is 79.2 cm³/mol. The predicted octanol–water partition coefficient (Wildman–Crippen LogP) is 0.0663. The fraction of sp³-hybridized carbons (Fsp3) is 0.357. The highest BCUT2D eigenvalue weighted by Crippen LogP contribution is 2.26. The fourth-order valence-corrected chi connectivity index (χ4v) is 2.44. The summed E-state index contributed by atoms with van der Waals surface area (Å²) < 4.78 is 5.36. The Morgan fingerprint density at radius 1 is 1.20 bits per heavy atom. The number of ether oxygens (including phenoxy) is 1. The Morgan fingerprint density at radius 2 is 1.90 bits per heavy atom. The molecule has 0 bridgehead atoms. The Labute approximate surface area is 118 Å². The van der Waals surface area contributed by atoms with Gasteiger partial charge in [-0.15, -0.1) is 0 Å². The molecule has 6 nitrogen and oxygen atoms in total. The SMILES string of the molecule is NC1=NC(N)(c2ccc(N3CCOCC3)cc2)C=CN1. The van der Waals surface area contributed by atoms with Gasteiger partial charge in [0.2, 0.25) is 0 Å². The van der Waals surface area contributed by atoms with Gasteiger partial charge in [-0.2, -0.15) is 0 Å². The van der Waals surface area contributed by atoms with Crippen molar-refractivity contribution >= 4 is 11.6 Å². The topological polar surface area (TPSA) is 88.9 Å². The molecule has 1 fully saturated rings. The monoisotopic (exact) mass is 273 g/mol. The molecule has 1 aromatic rings. The van der Waals surface area contributed by atoms with Crippen molar-refractivity contribution in [1.29, 1.82) is 0 Å². The molecule has 1 saturated heterocycles. The third-order valence-corrected chi connectivity index (χ3v) is 3.58. The van der Waals surface area contributed by atoms with E-state index in [0.29, 0.717) is 5.96 Å². The summed E-state index contributed by atoms with van der Waals surface area (Å²) in [6.07, 6.45) is 3.52. The Hall–Kier alpha value is -2.05. The fourth-order valence-electron chi connectivity index (χ4n) is 2.44. The van der Waals surface area contributed by atoms with Crippen LogP contribution in [0, 0.1) is 0 Å². The van der Waals surface area contributed by atoms with Crippen molar-refractivity contribution in [3.63, 3.8) is 0 Å². The van der Waals surface area contributed by atoms with Crippen molar-refractivity contribution in [2.45, 2.75) is 5.66 Å². The van der Waals surface area contributed by atoms with Crippen LogP contribution in [0.5, 0.6) is 0 Å². The van der Waals surface area contributed by atoms with E-state index in [0.717, 1.165) is 31.9 Å². The minimum atomic E-state index is -0.890. The summed E-state index contributed by atoms with van der Waals surface area (Å²) in [5.74, 6) is 0.326. The molecule has 6 heteroatoms. The number of nitrogens with two attached hydrogens (primary N) is 2. The number of nitrogens with one attached hydrogen (secondary N) is 1. The van der Waals surface area contributed by atoms with E-state index in [4.69, 9.17) is 16.2 Å². The second kappa shape index (κ2) is 5.15. The van der Waals surface area contributed by atoms with Gasteiger partial charge in [0, 0.05) is 25.0 Å². The molecule has 1 aromatic carbocycles. The standard InChI is InChI=1S/C14H19N5O/c15-13-17-6-5-14(16,18-13)11-1-3-12(4-2-11)19-7-9-20-10-8-19/h1-6H,7-10,16H2,(H3,15,17,18). The molecule has 0 aromatic heterocycles. The zero-order valence-electron chi connectivity index (χ0n) is 11.2. The van der Waals surface area contributed by atoms with Gasteiger partial charge < -0.3 is 20.7 Å². The largest absolute Gasteiger partial charge is 0.378 e. The molecule has 1 unspecified atom stereocenters. The average molecular weight is 273 g/mol. The number of hydrogen-bond donors (Lipinski definition) is 3. The quantitative estimate of drug-likeness (QED) is 0.709. The molecule has 106 valence electrons. The second-order valence-corrected chi connectivity index (χ2v) is 4.95. The van der Waals surface area contributed by atoms with E-state index < -0.39 is 5.66 Å². The summed E-state index contributed by atoms with van der Waals surface area (Å²) in [6, 6.07) is 8.13. The molecule has 0 saturated carbocycles. The van der Waals surface area contributed by atoms with Gasteiger partial charge in [-0.25, -0.2) is 4.99 Å². The molecule has 0 radical (unpaired) electrons. The minimum absolute atomic E-state index is 0.326. The van der Waals surface area contributed by atoms with E-state index in [-0.39, 0.29) is 0 Å². The Kier molecular flexibility index (Phi) is 3.33. The molecular weight excluding hydrogens is 254 g/mol. The summed E-state index contributed by atoms with van der Waals surface area (Å²) in [6.45, 7) is 3.39. The molecule has 0 aliphatic carbocycles.